The van der Waals surface area contributed by atoms with Crippen LogP contribution in [0.5, 0.6) is 0 Å². The van der Waals surface area contributed by atoms with Gasteiger partial charge in [0.15, 0.2) is 5.78 Å². The lowest BCUT2D eigenvalue weighted by Crippen LogP contribution is -2.39. The Balaban J connectivity index is 1.98. The van der Waals surface area contributed by atoms with Crippen LogP contribution in [0.1, 0.15) is 31.7 Å². The van der Waals surface area contributed by atoms with Gasteiger partial charge in [-0.25, -0.2) is 0 Å². The summed E-state index contributed by atoms with van der Waals surface area (Å²) in [5.41, 5.74) is 0.00280. The summed E-state index contributed by atoms with van der Waals surface area (Å²) >= 11 is 0. The van der Waals surface area contributed by atoms with Crippen molar-refractivity contribution in [3.05, 3.63) is 35.9 Å². The molecule has 0 radical (unpaired) electrons. The first-order chi connectivity index (χ1) is 10.5. The van der Waals surface area contributed by atoms with Crippen LogP contribution in [0.4, 0.5) is 0 Å². The first-order valence-electron chi connectivity index (χ1n) is 7.48. The number of hydrogen-bond acceptors (Lipinski definition) is 4. The van der Waals surface area contributed by atoms with Gasteiger partial charge < -0.3 is 9.64 Å². The zero-order valence-electron chi connectivity index (χ0n) is 13.0. The van der Waals surface area contributed by atoms with Crippen LogP contribution in [0.2, 0.25) is 0 Å². The van der Waals surface area contributed by atoms with Gasteiger partial charge in [-0.1, -0.05) is 30.3 Å². The molecule has 5 heteroatoms. The smallest absolute Gasteiger partial charge is 0.313 e. The van der Waals surface area contributed by atoms with Crippen molar-refractivity contribution in [1.82, 2.24) is 4.90 Å². The molecule has 1 aromatic rings. The predicted octanol–water partition coefficient (Wildman–Crippen LogP) is 1.95. The van der Waals surface area contributed by atoms with E-state index in [4.69, 9.17) is 4.74 Å². The quantitative estimate of drug-likeness (QED) is 0.570. The minimum Gasteiger partial charge on any atom is -0.466 e. The standard InChI is InChI=1S/C17H21NO4/c1-3-22-15(20)11-14(19)17(9-10-17)16(21)18(2)12-13-7-5-4-6-8-13/h4-8H,3,9-12H2,1-2H3. The molecule has 1 fully saturated rings. The molecule has 0 aliphatic heterocycles. The van der Waals surface area contributed by atoms with E-state index >= 15 is 0 Å². The van der Waals surface area contributed by atoms with Crippen molar-refractivity contribution >= 4 is 17.7 Å². The molecule has 1 saturated carbocycles. The lowest BCUT2D eigenvalue weighted by molar-refractivity contribution is -0.149. The fourth-order valence-electron chi connectivity index (χ4n) is 2.54. The van der Waals surface area contributed by atoms with E-state index in [1.54, 1.807) is 18.9 Å². The fraction of sp³-hybridized carbons (Fsp3) is 0.471. The van der Waals surface area contributed by atoms with Crippen LogP contribution in [0.3, 0.4) is 0 Å². The van der Waals surface area contributed by atoms with Gasteiger partial charge >= 0.3 is 5.97 Å². The topological polar surface area (TPSA) is 63.7 Å². The Bertz CT molecular complexity index is 563. The van der Waals surface area contributed by atoms with Crippen molar-refractivity contribution in [2.24, 2.45) is 5.41 Å². The molecule has 0 heterocycles. The van der Waals surface area contributed by atoms with Gasteiger partial charge in [0.05, 0.1) is 6.61 Å². The molecule has 2 rings (SSSR count). The van der Waals surface area contributed by atoms with Crippen molar-refractivity contribution in [3.8, 4) is 0 Å². The second-order valence-electron chi connectivity index (χ2n) is 5.63. The maximum Gasteiger partial charge on any atom is 0.313 e. The Labute approximate surface area is 130 Å². The third kappa shape index (κ3) is 3.53. The number of benzene rings is 1. The van der Waals surface area contributed by atoms with Gasteiger partial charge in [-0.2, -0.15) is 0 Å². The number of carbonyl (C=O) groups excluding carboxylic acids is 3. The second kappa shape index (κ2) is 6.73. The number of hydrogen-bond donors (Lipinski definition) is 0. The summed E-state index contributed by atoms with van der Waals surface area (Å²) in [6.45, 7) is 2.38. The van der Waals surface area contributed by atoms with Gasteiger partial charge in [0.1, 0.15) is 11.8 Å². The molecule has 1 aliphatic carbocycles. The second-order valence-corrected chi connectivity index (χ2v) is 5.63. The molecule has 0 atom stereocenters. The van der Waals surface area contributed by atoms with Crippen LogP contribution in [0.25, 0.3) is 0 Å². The van der Waals surface area contributed by atoms with Crippen molar-refractivity contribution in [1.29, 1.82) is 0 Å². The Morgan fingerprint density at radius 3 is 2.36 bits per heavy atom. The van der Waals surface area contributed by atoms with Gasteiger partial charge in [-0.3, -0.25) is 14.4 Å². The number of amides is 1. The molecule has 118 valence electrons. The van der Waals surface area contributed by atoms with E-state index in [9.17, 15) is 14.4 Å². The SMILES string of the molecule is CCOC(=O)CC(=O)C1(C(=O)N(C)Cc2ccccc2)CC1. The maximum atomic E-state index is 12.6. The molecule has 1 amide bonds. The lowest BCUT2D eigenvalue weighted by atomic mass is 9.96. The third-order valence-electron chi connectivity index (χ3n) is 3.91. The van der Waals surface area contributed by atoms with Gasteiger partial charge in [-0.05, 0) is 25.3 Å². The van der Waals surface area contributed by atoms with Crippen LogP contribution in [-0.4, -0.2) is 36.2 Å². The predicted molar refractivity (Wildman–Crippen MR) is 80.8 cm³/mol. The number of esters is 1. The summed E-state index contributed by atoms with van der Waals surface area (Å²) in [4.78, 5) is 37.8. The molecule has 0 bridgehead atoms. The monoisotopic (exact) mass is 303 g/mol. The van der Waals surface area contributed by atoms with E-state index in [-0.39, 0.29) is 24.7 Å². The third-order valence-corrected chi connectivity index (χ3v) is 3.91. The highest BCUT2D eigenvalue weighted by atomic mass is 16.5. The molecule has 1 aliphatic rings. The van der Waals surface area contributed by atoms with Crippen molar-refractivity contribution in [3.63, 3.8) is 0 Å². The first-order valence-corrected chi connectivity index (χ1v) is 7.48. The van der Waals surface area contributed by atoms with E-state index < -0.39 is 11.4 Å². The van der Waals surface area contributed by atoms with Crippen molar-refractivity contribution in [2.75, 3.05) is 13.7 Å². The lowest BCUT2D eigenvalue weighted by Gasteiger charge is -2.22. The van der Waals surface area contributed by atoms with Crippen LogP contribution < -0.4 is 0 Å². The zero-order valence-corrected chi connectivity index (χ0v) is 13.0. The van der Waals surface area contributed by atoms with E-state index in [0.29, 0.717) is 19.4 Å². The molecule has 0 unspecified atom stereocenters. The number of carbonyl (C=O) groups is 3. The van der Waals surface area contributed by atoms with Crippen LogP contribution in [0, 0.1) is 5.41 Å². The van der Waals surface area contributed by atoms with Crippen LogP contribution >= 0.6 is 0 Å². The van der Waals surface area contributed by atoms with E-state index in [0.717, 1.165) is 5.56 Å². The van der Waals surface area contributed by atoms with Crippen molar-refractivity contribution < 1.29 is 19.1 Å². The number of ketones is 1. The summed E-state index contributed by atoms with van der Waals surface area (Å²) in [7, 11) is 1.69. The van der Waals surface area contributed by atoms with Crippen molar-refractivity contribution in [2.45, 2.75) is 32.7 Å². The van der Waals surface area contributed by atoms with Crippen LogP contribution in [-0.2, 0) is 25.7 Å². The normalized spacial score (nSPS) is 15.0. The Hall–Kier alpha value is -2.17. The highest BCUT2D eigenvalue weighted by Gasteiger charge is 2.57. The molecule has 5 nitrogen and oxygen atoms in total. The van der Waals surface area contributed by atoms with Gasteiger partial charge in [0.25, 0.3) is 0 Å². The highest BCUT2D eigenvalue weighted by molar-refractivity contribution is 6.13. The molecule has 1 aromatic carbocycles. The van der Waals surface area contributed by atoms with E-state index in [1.165, 1.54) is 0 Å². The number of rotatable bonds is 7. The van der Waals surface area contributed by atoms with Crippen LogP contribution in [0.15, 0.2) is 30.3 Å². The number of ether oxygens (including phenoxy) is 1. The average molecular weight is 303 g/mol. The largest absolute Gasteiger partial charge is 0.466 e. The Morgan fingerprint density at radius 2 is 1.82 bits per heavy atom. The highest BCUT2D eigenvalue weighted by Crippen LogP contribution is 2.48. The fourth-order valence-corrected chi connectivity index (χ4v) is 2.54. The first kappa shape index (κ1) is 16.2. The number of Topliss-reactive ketones (excluding diaryl/α,β-unsaturated/α-hetero) is 1. The summed E-state index contributed by atoms with van der Waals surface area (Å²) in [6.07, 6.45) is 0.713. The van der Waals surface area contributed by atoms with E-state index in [1.807, 2.05) is 30.3 Å². The average Bonchev–Trinajstić information content (AvgIpc) is 3.29. The Kier molecular flexibility index (Phi) is 4.96. The minimum atomic E-state index is -1.00. The van der Waals surface area contributed by atoms with Gasteiger partial charge in [-0.15, -0.1) is 0 Å². The molecule has 0 saturated heterocycles. The summed E-state index contributed by atoms with van der Waals surface area (Å²) < 4.78 is 4.79. The summed E-state index contributed by atoms with van der Waals surface area (Å²) in [5, 5.41) is 0. The molecule has 0 aromatic heterocycles. The molecular formula is C17H21NO4. The maximum absolute atomic E-state index is 12.6. The number of nitrogens with zero attached hydrogens (tertiary/aromatic N) is 1. The molecular weight excluding hydrogens is 282 g/mol. The van der Waals surface area contributed by atoms with E-state index in [2.05, 4.69) is 0 Å². The van der Waals surface area contributed by atoms with Gasteiger partial charge in [0, 0.05) is 13.6 Å². The summed E-state index contributed by atoms with van der Waals surface area (Å²) in [5.74, 6) is -1.08. The minimum absolute atomic E-state index is 0.203. The molecule has 22 heavy (non-hydrogen) atoms. The zero-order chi connectivity index (χ0) is 16.2. The molecule has 0 N–H and O–H groups in total. The Morgan fingerprint density at radius 1 is 1.18 bits per heavy atom. The van der Waals surface area contributed by atoms with Gasteiger partial charge in [0.2, 0.25) is 5.91 Å². The molecule has 0 spiro atoms. The summed E-state index contributed by atoms with van der Waals surface area (Å²) in [6, 6.07) is 9.60.